The lowest BCUT2D eigenvalue weighted by Gasteiger charge is -2.23. The average Bonchev–Trinajstić information content (AvgIpc) is 2.63. The van der Waals surface area contributed by atoms with Crippen molar-refractivity contribution in [1.82, 2.24) is 0 Å². The van der Waals surface area contributed by atoms with Gasteiger partial charge in [-0.05, 0) is 43.2 Å². The van der Waals surface area contributed by atoms with Crippen LogP contribution in [0.2, 0.25) is 0 Å². The third kappa shape index (κ3) is 4.79. The average molecular weight is 345 g/mol. The normalized spacial score (nSPS) is 10.2. The molecule has 0 aliphatic rings. The molecule has 0 spiro atoms. The molecule has 25 heavy (non-hydrogen) atoms. The number of carbonyl (C=O) groups is 1. The van der Waals surface area contributed by atoms with E-state index in [1.165, 1.54) is 18.1 Å². The molecular formula is C19H23NO5. The van der Waals surface area contributed by atoms with Gasteiger partial charge in [0.05, 0.1) is 26.5 Å². The van der Waals surface area contributed by atoms with Crippen LogP contribution in [0.1, 0.15) is 12.5 Å². The summed E-state index contributed by atoms with van der Waals surface area (Å²) in [5.41, 5.74) is 1.63. The van der Waals surface area contributed by atoms with E-state index in [0.29, 0.717) is 24.4 Å². The summed E-state index contributed by atoms with van der Waals surface area (Å²) in [6.45, 7) is 2.46. The van der Waals surface area contributed by atoms with Gasteiger partial charge >= 0.3 is 6.09 Å². The molecule has 0 aliphatic heterocycles. The Labute approximate surface area is 147 Å². The highest BCUT2D eigenvalue weighted by molar-refractivity contribution is 5.88. The Bertz CT molecular complexity index is 717. The van der Waals surface area contributed by atoms with Crippen LogP contribution in [-0.4, -0.2) is 38.6 Å². The Kier molecular flexibility index (Phi) is 6.51. The molecular weight excluding hydrogens is 322 g/mol. The second-order valence-corrected chi connectivity index (χ2v) is 5.31. The molecule has 0 fully saturated rings. The SMILES string of the molecule is CCOC(=O)N(CCc1cccc(OC)c1)c1ccc(O)c(OC)c1. The molecule has 0 saturated heterocycles. The molecule has 0 saturated carbocycles. The van der Waals surface area contributed by atoms with Crippen LogP contribution in [0.25, 0.3) is 0 Å². The summed E-state index contributed by atoms with van der Waals surface area (Å²) in [7, 11) is 3.08. The fourth-order valence-electron chi connectivity index (χ4n) is 2.43. The van der Waals surface area contributed by atoms with Crippen LogP contribution in [0.15, 0.2) is 42.5 Å². The Morgan fingerprint density at radius 3 is 2.60 bits per heavy atom. The molecule has 2 aromatic rings. The van der Waals surface area contributed by atoms with Crippen molar-refractivity contribution in [2.75, 3.05) is 32.3 Å². The molecule has 6 heteroatoms. The van der Waals surface area contributed by atoms with Crippen LogP contribution in [0.4, 0.5) is 10.5 Å². The van der Waals surface area contributed by atoms with Crippen molar-refractivity contribution >= 4 is 11.8 Å². The lowest BCUT2D eigenvalue weighted by molar-refractivity contribution is 0.160. The highest BCUT2D eigenvalue weighted by Crippen LogP contribution is 2.31. The van der Waals surface area contributed by atoms with Gasteiger partial charge in [0.15, 0.2) is 11.5 Å². The Morgan fingerprint density at radius 1 is 1.12 bits per heavy atom. The second-order valence-electron chi connectivity index (χ2n) is 5.31. The van der Waals surface area contributed by atoms with Crippen LogP contribution in [-0.2, 0) is 11.2 Å². The first-order valence-corrected chi connectivity index (χ1v) is 8.03. The van der Waals surface area contributed by atoms with E-state index in [9.17, 15) is 9.90 Å². The lowest BCUT2D eigenvalue weighted by atomic mass is 10.1. The van der Waals surface area contributed by atoms with Crippen molar-refractivity contribution in [1.29, 1.82) is 0 Å². The van der Waals surface area contributed by atoms with Crippen molar-refractivity contribution in [2.45, 2.75) is 13.3 Å². The number of phenols is 1. The maximum absolute atomic E-state index is 12.3. The molecule has 0 aliphatic carbocycles. The summed E-state index contributed by atoms with van der Waals surface area (Å²) in [4.78, 5) is 13.9. The molecule has 1 amide bonds. The predicted octanol–water partition coefficient (Wildman–Crippen LogP) is 3.62. The molecule has 0 unspecified atom stereocenters. The van der Waals surface area contributed by atoms with Gasteiger partial charge in [-0.2, -0.15) is 0 Å². The number of methoxy groups -OCH3 is 2. The van der Waals surface area contributed by atoms with Gasteiger partial charge in [-0.1, -0.05) is 12.1 Å². The Morgan fingerprint density at radius 2 is 1.92 bits per heavy atom. The largest absolute Gasteiger partial charge is 0.504 e. The third-order valence-corrected chi connectivity index (χ3v) is 3.72. The number of nitrogens with zero attached hydrogens (tertiary/aromatic N) is 1. The minimum Gasteiger partial charge on any atom is -0.504 e. The summed E-state index contributed by atoms with van der Waals surface area (Å²) in [6.07, 6.45) is 0.178. The number of phenolic OH excluding ortho intramolecular Hbond substituents is 1. The van der Waals surface area contributed by atoms with E-state index in [0.717, 1.165) is 11.3 Å². The van der Waals surface area contributed by atoms with E-state index in [2.05, 4.69) is 0 Å². The monoisotopic (exact) mass is 345 g/mol. The van der Waals surface area contributed by atoms with Gasteiger partial charge in [0, 0.05) is 12.6 Å². The topological polar surface area (TPSA) is 68.2 Å². The first-order valence-electron chi connectivity index (χ1n) is 8.03. The van der Waals surface area contributed by atoms with Gasteiger partial charge in [0.25, 0.3) is 0 Å². The Hall–Kier alpha value is -2.89. The van der Waals surface area contributed by atoms with Crippen molar-refractivity contribution in [3.05, 3.63) is 48.0 Å². The number of ether oxygens (including phenoxy) is 3. The van der Waals surface area contributed by atoms with Gasteiger partial charge in [0.1, 0.15) is 5.75 Å². The molecule has 2 rings (SSSR count). The van der Waals surface area contributed by atoms with Crippen LogP contribution in [0, 0.1) is 0 Å². The van der Waals surface area contributed by atoms with Crippen LogP contribution in [0.5, 0.6) is 17.2 Å². The van der Waals surface area contributed by atoms with Crippen LogP contribution in [0.3, 0.4) is 0 Å². The molecule has 1 N–H and O–H groups in total. The number of benzene rings is 2. The molecule has 0 atom stereocenters. The number of hydrogen-bond acceptors (Lipinski definition) is 5. The van der Waals surface area contributed by atoms with Gasteiger partial charge in [-0.3, -0.25) is 4.90 Å². The van der Waals surface area contributed by atoms with E-state index >= 15 is 0 Å². The molecule has 6 nitrogen and oxygen atoms in total. The van der Waals surface area contributed by atoms with E-state index in [1.807, 2.05) is 24.3 Å². The lowest BCUT2D eigenvalue weighted by Crippen LogP contribution is -2.33. The zero-order valence-corrected chi connectivity index (χ0v) is 14.7. The summed E-state index contributed by atoms with van der Waals surface area (Å²) < 4.78 is 15.5. The van der Waals surface area contributed by atoms with Crippen molar-refractivity contribution in [3.8, 4) is 17.2 Å². The van der Waals surface area contributed by atoms with E-state index in [1.54, 1.807) is 26.2 Å². The van der Waals surface area contributed by atoms with Gasteiger partial charge in [0.2, 0.25) is 0 Å². The number of amides is 1. The number of rotatable bonds is 7. The number of aromatic hydroxyl groups is 1. The fourth-order valence-corrected chi connectivity index (χ4v) is 2.43. The highest BCUT2D eigenvalue weighted by atomic mass is 16.6. The maximum atomic E-state index is 12.3. The van der Waals surface area contributed by atoms with E-state index in [-0.39, 0.29) is 12.4 Å². The van der Waals surface area contributed by atoms with Crippen molar-refractivity contribution in [3.63, 3.8) is 0 Å². The summed E-state index contributed by atoms with van der Waals surface area (Å²) in [5.74, 6) is 1.09. The van der Waals surface area contributed by atoms with Gasteiger partial charge < -0.3 is 19.3 Å². The molecule has 0 aromatic heterocycles. The van der Waals surface area contributed by atoms with Gasteiger partial charge in [-0.15, -0.1) is 0 Å². The predicted molar refractivity (Wildman–Crippen MR) is 95.7 cm³/mol. The zero-order chi connectivity index (χ0) is 18.2. The van der Waals surface area contributed by atoms with Crippen LogP contribution < -0.4 is 14.4 Å². The maximum Gasteiger partial charge on any atom is 0.414 e. The standard InChI is InChI=1S/C19H23NO5/c1-4-25-19(22)20(15-8-9-17(21)18(13-15)24-3)11-10-14-6-5-7-16(12-14)23-2/h5-9,12-13,21H,4,10-11H2,1-3H3. The molecule has 0 radical (unpaired) electrons. The van der Waals surface area contributed by atoms with Crippen molar-refractivity contribution in [2.24, 2.45) is 0 Å². The fraction of sp³-hybridized carbons (Fsp3) is 0.316. The first-order chi connectivity index (χ1) is 12.1. The quantitative estimate of drug-likeness (QED) is 0.830. The zero-order valence-electron chi connectivity index (χ0n) is 14.7. The van der Waals surface area contributed by atoms with E-state index in [4.69, 9.17) is 14.2 Å². The minimum absolute atomic E-state index is 0.0165. The summed E-state index contributed by atoms with van der Waals surface area (Å²) in [6, 6.07) is 12.4. The van der Waals surface area contributed by atoms with E-state index < -0.39 is 6.09 Å². The molecule has 0 heterocycles. The molecule has 134 valence electrons. The molecule has 2 aromatic carbocycles. The number of hydrogen-bond donors (Lipinski definition) is 1. The first kappa shape index (κ1) is 18.4. The second kappa shape index (κ2) is 8.82. The minimum atomic E-state index is -0.446. The molecule has 0 bridgehead atoms. The smallest absolute Gasteiger partial charge is 0.414 e. The third-order valence-electron chi connectivity index (χ3n) is 3.72. The summed E-state index contributed by atoms with van der Waals surface area (Å²) >= 11 is 0. The van der Waals surface area contributed by atoms with Crippen molar-refractivity contribution < 1.29 is 24.1 Å². The summed E-state index contributed by atoms with van der Waals surface area (Å²) in [5, 5.41) is 9.75. The highest BCUT2D eigenvalue weighted by Gasteiger charge is 2.18. The van der Waals surface area contributed by atoms with Gasteiger partial charge in [-0.25, -0.2) is 4.79 Å². The number of anilines is 1. The number of carbonyl (C=O) groups excluding carboxylic acids is 1. The van der Waals surface area contributed by atoms with Crippen LogP contribution >= 0.6 is 0 Å². The Balaban J connectivity index is 2.22.